The number of nitrogens with zero attached hydrogens (tertiary/aromatic N) is 3. The standard InChI is InChI=1S/C24H19N5O3/c1-32-18-10-7-15(8-11-18)22-20(14-29(28-22)16-5-3-2-4-6-16)24(31)25-23-19-12-9-17(30)13-21(19)26-27-23/h2-14,30H,1H3,(H2,25,26,27,31). The Hall–Kier alpha value is -4.59. The first kappa shape index (κ1) is 19.4. The van der Waals surface area contributed by atoms with Gasteiger partial charge in [0.05, 0.1) is 23.9 Å². The van der Waals surface area contributed by atoms with Crippen molar-refractivity contribution in [2.45, 2.75) is 0 Å². The Balaban J connectivity index is 1.56. The number of ether oxygens (including phenoxy) is 1. The molecule has 8 heteroatoms. The van der Waals surface area contributed by atoms with Crippen LogP contribution < -0.4 is 10.1 Å². The van der Waals surface area contributed by atoms with Gasteiger partial charge in [0.1, 0.15) is 17.2 Å². The van der Waals surface area contributed by atoms with Crippen LogP contribution in [0.25, 0.3) is 27.8 Å². The molecule has 0 atom stereocenters. The minimum Gasteiger partial charge on any atom is -0.508 e. The van der Waals surface area contributed by atoms with E-state index < -0.39 is 0 Å². The van der Waals surface area contributed by atoms with E-state index in [1.807, 2.05) is 54.6 Å². The van der Waals surface area contributed by atoms with Gasteiger partial charge < -0.3 is 15.2 Å². The Morgan fingerprint density at radius 1 is 1.06 bits per heavy atom. The van der Waals surface area contributed by atoms with E-state index in [9.17, 15) is 9.90 Å². The van der Waals surface area contributed by atoms with E-state index in [2.05, 4.69) is 20.6 Å². The van der Waals surface area contributed by atoms with Crippen molar-refractivity contribution < 1.29 is 14.6 Å². The molecule has 5 rings (SSSR count). The maximum atomic E-state index is 13.3. The summed E-state index contributed by atoms with van der Waals surface area (Å²) in [5.74, 6) is 0.857. The number of para-hydroxylation sites is 1. The maximum Gasteiger partial charge on any atom is 0.260 e. The summed E-state index contributed by atoms with van der Waals surface area (Å²) < 4.78 is 6.92. The number of methoxy groups -OCH3 is 1. The zero-order valence-electron chi connectivity index (χ0n) is 17.1. The molecular weight excluding hydrogens is 406 g/mol. The van der Waals surface area contributed by atoms with E-state index >= 15 is 0 Å². The molecule has 32 heavy (non-hydrogen) atoms. The number of aromatic nitrogens is 4. The average Bonchev–Trinajstić information content (AvgIpc) is 3.44. The van der Waals surface area contributed by atoms with Crippen LogP contribution in [0.4, 0.5) is 5.82 Å². The highest BCUT2D eigenvalue weighted by molar-refractivity contribution is 6.10. The normalized spacial score (nSPS) is 10.9. The number of anilines is 1. The summed E-state index contributed by atoms with van der Waals surface area (Å²) in [7, 11) is 1.60. The van der Waals surface area contributed by atoms with Crippen LogP contribution in [0, 0.1) is 0 Å². The first-order chi connectivity index (χ1) is 15.6. The molecule has 0 spiro atoms. The molecule has 0 radical (unpaired) electrons. The summed E-state index contributed by atoms with van der Waals surface area (Å²) in [5, 5.41) is 24.9. The lowest BCUT2D eigenvalue weighted by atomic mass is 10.1. The second kappa shape index (κ2) is 7.92. The summed E-state index contributed by atoms with van der Waals surface area (Å²) in [6, 6.07) is 21.7. The van der Waals surface area contributed by atoms with Gasteiger partial charge in [0.25, 0.3) is 5.91 Å². The molecule has 8 nitrogen and oxygen atoms in total. The van der Waals surface area contributed by atoms with E-state index in [4.69, 9.17) is 4.74 Å². The molecule has 1 amide bonds. The van der Waals surface area contributed by atoms with Gasteiger partial charge in [-0.25, -0.2) is 4.68 Å². The summed E-state index contributed by atoms with van der Waals surface area (Å²) in [6.45, 7) is 0. The molecule has 2 aromatic heterocycles. The van der Waals surface area contributed by atoms with Crippen LogP contribution in [-0.2, 0) is 0 Å². The van der Waals surface area contributed by atoms with Crippen molar-refractivity contribution in [3.8, 4) is 28.4 Å². The number of rotatable bonds is 5. The fourth-order valence-corrected chi connectivity index (χ4v) is 3.49. The number of aromatic amines is 1. The number of H-pyrrole nitrogens is 1. The van der Waals surface area contributed by atoms with Crippen LogP contribution in [0.5, 0.6) is 11.5 Å². The molecule has 2 heterocycles. The predicted molar refractivity (Wildman–Crippen MR) is 121 cm³/mol. The first-order valence-corrected chi connectivity index (χ1v) is 9.90. The second-order valence-electron chi connectivity index (χ2n) is 7.16. The maximum absolute atomic E-state index is 13.3. The SMILES string of the molecule is COc1ccc(-c2nn(-c3ccccc3)cc2C(=O)Nc2n[nH]c3cc(O)ccc23)cc1. The zero-order chi connectivity index (χ0) is 22.1. The Labute approximate surface area is 183 Å². The Kier molecular flexibility index (Phi) is 4.79. The lowest BCUT2D eigenvalue weighted by molar-refractivity contribution is 0.102. The summed E-state index contributed by atoms with van der Waals surface area (Å²) in [4.78, 5) is 13.3. The van der Waals surface area contributed by atoms with Crippen molar-refractivity contribution in [3.63, 3.8) is 0 Å². The minimum atomic E-state index is -0.348. The van der Waals surface area contributed by atoms with Crippen molar-refractivity contribution in [1.29, 1.82) is 0 Å². The van der Waals surface area contributed by atoms with E-state index in [0.717, 1.165) is 11.3 Å². The number of amides is 1. The number of phenolic OH excluding ortho intramolecular Hbond substituents is 1. The highest BCUT2D eigenvalue weighted by Gasteiger charge is 2.20. The van der Waals surface area contributed by atoms with Gasteiger partial charge in [-0.15, -0.1) is 0 Å². The van der Waals surface area contributed by atoms with Gasteiger partial charge in [-0.05, 0) is 48.5 Å². The first-order valence-electron chi connectivity index (χ1n) is 9.90. The Morgan fingerprint density at radius 2 is 1.84 bits per heavy atom. The van der Waals surface area contributed by atoms with E-state index in [1.54, 1.807) is 36.2 Å². The Morgan fingerprint density at radius 3 is 2.59 bits per heavy atom. The predicted octanol–water partition coefficient (Wildman–Crippen LogP) is 4.38. The van der Waals surface area contributed by atoms with Gasteiger partial charge in [0.15, 0.2) is 5.82 Å². The molecule has 3 N–H and O–H groups in total. The van der Waals surface area contributed by atoms with E-state index in [1.165, 1.54) is 0 Å². The molecule has 0 fully saturated rings. The molecule has 158 valence electrons. The minimum absolute atomic E-state index is 0.116. The van der Waals surface area contributed by atoms with Crippen LogP contribution in [-0.4, -0.2) is 38.1 Å². The molecule has 0 unspecified atom stereocenters. The fourth-order valence-electron chi connectivity index (χ4n) is 3.49. The number of fused-ring (bicyclic) bond motifs is 1. The highest BCUT2D eigenvalue weighted by atomic mass is 16.5. The van der Waals surface area contributed by atoms with Gasteiger partial charge in [-0.2, -0.15) is 10.2 Å². The number of benzene rings is 3. The van der Waals surface area contributed by atoms with Crippen LogP contribution in [0.1, 0.15) is 10.4 Å². The average molecular weight is 425 g/mol. The van der Waals surface area contributed by atoms with E-state index in [0.29, 0.717) is 33.7 Å². The fraction of sp³-hybridized carbons (Fsp3) is 0.0417. The molecule has 0 saturated carbocycles. The number of hydrogen-bond acceptors (Lipinski definition) is 5. The number of phenols is 1. The van der Waals surface area contributed by atoms with Crippen molar-refractivity contribution >= 4 is 22.6 Å². The zero-order valence-corrected chi connectivity index (χ0v) is 17.1. The van der Waals surface area contributed by atoms with Crippen LogP contribution in [0.2, 0.25) is 0 Å². The number of carbonyl (C=O) groups is 1. The van der Waals surface area contributed by atoms with Crippen molar-refractivity contribution in [1.82, 2.24) is 20.0 Å². The van der Waals surface area contributed by atoms with Gasteiger partial charge in [-0.3, -0.25) is 9.89 Å². The largest absolute Gasteiger partial charge is 0.508 e. The molecule has 0 saturated heterocycles. The molecule has 0 aliphatic rings. The van der Waals surface area contributed by atoms with Gasteiger partial charge >= 0.3 is 0 Å². The molecule has 3 aromatic carbocycles. The molecule has 0 aliphatic heterocycles. The smallest absolute Gasteiger partial charge is 0.260 e. The molecule has 0 aliphatic carbocycles. The lowest BCUT2D eigenvalue weighted by Crippen LogP contribution is -2.12. The summed E-state index contributed by atoms with van der Waals surface area (Å²) in [6.07, 6.45) is 1.70. The van der Waals surface area contributed by atoms with Crippen molar-refractivity contribution in [3.05, 3.63) is 84.6 Å². The number of hydrogen-bond donors (Lipinski definition) is 3. The lowest BCUT2D eigenvalue weighted by Gasteiger charge is -2.05. The molecular formula is C24H19N5O3. The number of nitrogens with one attached hydrogen (secondary N) is 2. The van der Waals surface area contributed by atoms with Crippen LogP contribution >= 0.6 is 0 Å². The Bertz CT molecular complexity index is 1410. The van der Waals surface area contributed by atoms with E-state index in [-0.39, 0.29) is 11.7 Å². The summed E-state index contributed by atoms with van der Waals surface area (Å²) >= 11 is 0. The van der Waals surface area contributed by atoms with Crippen LogP contribution in [0.15, 0.2) is 79.0 Å². The number of aromatic hydroxyl groups is 1. The third-order valence-corrected chi connectivity index (χ3v) is 5.12. The van der Waals surface area contributed by atoms with Gasteiger partial charge in [-0.1, -0.05) is 18.2 Å². The monoisotopic (exact) mass is 425 g/mol. The van der Waals surface area contributed by atoms with Crippen molar-refractivity contribution in [2.24, 2.45) is 0 Å². The number of carbonyl (C=O) groups excluding carboxylic acids is 1. The van der Waals surface area contributed by atoms with Gasteiger partial charge in [0, 0.05) is 23.2 Å². The quantitative estimate of drug-likeness (QED) is 0.388. The second-order valence-corrected chi connectivity index (χ2v) is 7.16. The third-order valence-electron chi connectivity index (χ3n) is 5.12. The third kappa shape index (κ3) is 3.54. The molecule has 5 aromatic rings. The topological polar surface area (TPSA) is 105 Å². The van der Waals surface area contributed by atoms with Gasteiger partial charge in [0.2, 0.25) is 0 Å². The highest BCUT2D eigenvalue weighted by Crippen LogP contribution is 2.28. The van der Waals surface area contributed by atoms with Crippen molar-refractivity contribution in [2.75, 3.05) is 12.4 Å². The van der Waals surface area contributed by atoms with Crippen LogP contribution in [0.3, 0.4) is 0 Å². The molecule has 0 bridgehead atoms. The summed E-state index contributed by atoms with van der Waals surface area (Å²) in [5.41, 5.74) is 3.17.